The van der Waals surface area contributed by atoms with E-state index < -0.39 is 0 Å². The molecule has 7 heteroatoms. The van der Waals surface area contributed by atoms with Gasteiger partial charge in [-0.15, -0.1) is 0 Å². The molecular weight excluding hydrogens is 397 g/mol. The second-order valence-electron chi connectivity index (χ2n) is 5.08. The second kappa shape index (κ2) is 7.16. The van der Waals surface area contributed by atoms with Crippen molar-refractivity contribution in [2.75, 3.05) is 19.0 Å². The SMILES string of the molecule is CCOc1ccc(NC)nc1-c1nc2cc(C)cnc2n1C.[SnH]. The summed E-state index contributed by atoms with van der Waals surface area (Å²) in [6, 6.07) is 5.82. The molecule has 0 unspecified atom stereocenters. The zero-order valence-electron chi connectivity index (χ0n) is 13.8. The van der Waals surface area contributed by atoms with E-state index >= 15 is 0 Å². The molecule has 3 aromatic rings. The number of rotatable bonds is 4. The Labute approximate surface area is 152 Å². The van der Waals surface area contributed by atoms with Gasteiger partial charge in [0.05, 0.1) is 6.61 Å². The average molecular weight is 417 g/mol. The molecule has 0 amide bonds. The summed E-state index contributed by atoms with van der Waals surface area (Å²) in [5.41, 5.74) is 3.49. The van der Waals surface area contributed by atoms with Crippen LogP contribution in [0.3, 0.4) is 0 Å². The van der Waals surface area contributed by atoms with Gasteiger partial charge in [0.2, 0.25) is 0 Å². The van der Waals surface area contributed by atoms with Crippen molar-refractivity contribution in [3.05, 3.63) is 30.0 Å². The Hall–Kier alpha value is -1.83. The zero-order valence-corrected chi connectivity index (χ0v) is 17.1. The Morgan fingerprint density at radius 3 is 2.74 bits per heavy atom. The Kier molecular flexibility index (Phi) is 5.46. The number of nitrogens with one attached hydrogen (secondary N) is 1. The van der Waals surface area contributed by atoms with Gasteiger partial charge in [0, 0.05) is 20.3 Å². The van der Waals surface area contributed by atoms with Gasteiger partial charge in [0.15, 0.2) is 17.2 Å². The first-order valence-electron chi connectivity index (χ1n) is 7.25. The van der Waals surface area contributed by atoms with Crippen molar-refractivity contribution in [3.8, 4) is 17.3 Å². The van der Waals surface area contributed by atoms with Crippen molar-refractivity contribution < 1.29 is 4.74 Å². The molecular formula is C16H20N5OSn. The standard InChI is InChI=1S/C16H19N5O.Sn.H/c1-5-22-12-6-7-13(17-3)20-14(12)16-19-11-8-10(2)9-18-15(11)21(16)4;;/h6-9H,5H2,1-4H3,(H,17,20);;. The van der Waals surface area contributed by atoms with Crippen LogP contribution in [-0.4, -0.2) is 57.1 Å². The molecule has 1 N–H and O–H groups in total. The van der Waals surface area contributed by atoms with E-state index in [2.05, 4.69) is 15.3 Å². The molecule has 3 radical (unpaired) electrons. The number of fused-ring (bicyclic) bond motifs is 1. The Bertz CT molecular complexity index is 831. The van der Waals surface area contributed by atoms with Gasteiger partial charge >= 0.3 is 23.9 Å². The van der Waals surface area contributed by atoms with Gasteiger partial charge in [-0.05, 0) is 37.6 Å². The molecule has 3 aromatic heterocycles. The van der Waals surface area contributed by atoms with Crippen molar-refractivity contribution in [2.24, 2.45) is 7.05 Å². The summed E-state index contributed by atoms with van der Waals surface area (Å²) in [5, 5.41) is 3.05. The third-order valence-electron chi connectivity index (χ3n) is 3.47. The topological polar surface area (TPSA) is 64.9 Å². The monoisotopic (exact) mass is 418 g/mol. The van der Waals surface area contributed by atoms with Crippen LogP contribution in [0.15, 0.2) is 24.4 Å². The summed E-state index contributed by atoms with van der Waals surface area (Å²) < 4.78 is 7.65. The Morgan fingerprint density at radius 2 is 2.04 bits per heavy atom. The summed E-state index contributed by atoms with van der Waals surface area (Å²) in [5.74, 6) is 2.24. The Morgan fingerprint density at radius 1 is 1.26 bits per heavy atom. The van der Waals surface area contributed by atoms with Crippen LogP contribution in [0.5, 0.6) is 5.75 Å². The van der Waals surface area contributed by atoms with E-state index in [4.69, 9.17) is 9.72 Å². The van der Waals surface area contributed by atoms with Crippen LogP contribution in [0, 0.1) is 6.92 Å². The van der Waals surface area contributed by atoms with E-state index in [9.17, 15) is 0 Å². The molecule has 0 atom stereocenters. The van der Waals surface area contributed by atoms with E-state index in [1.165, 1.54) is 0 Å². The molecule has 0 fully saturated rings. The molecule has 3 heterocycles. The number of hydrogen-bond donors (Lipinski definition) is 1. The molecule has 0 spiro atoms. The van der Waals surface area contributed by atoms with Crippen molar-refractivity contribution in [3.63, 3.8) is 0 Å². The molecule has 0 aliphatic heterocycles. The number of ether oxygens (including phenoxy) is 1. The molecule has 119 valence electrons. The van der Waals surface area contributed by atoms with Crippen LogP contribution in [-0.2, 0) is 7.05 Å². The minimum atomic E-state index is 0. The summed E-state index contributed by atoms with van der Waals surface area (Å²) in [6.07, 6.45) is 1.84. The van der Waals surface area contributed by atoms with Gasteiger partial charge in [0.25, 0.3) is 0 Å². The fourth-order valence-corrected chi connectivity index (χ4v) is 2.41. The normalized spacial score (nSPS) is 10.4. The van der Waals surface area contributed by atoms with Gasteiger partial charge in [-0.2, -0.15) is 0 Å². The number of aromatic nitrogens is 4. The number of imidazole rings is 1. The third kappa shape index (κ3) is 3.26. The fourth-order valence-electron chi connectivity index (χ4n) is 2.41. The van der Waals surface area contributed by atoms with E-state index in [0.717, 1.165) is 34.1 Å². The number of aryl methyl sites for hydroxylation is 2. The molecule has 0 bridgehead atoms. The second-order valence-corrected chi connectivity index (χ2v) is 5.08. The van der Waals surface area contributed by atoms with Gasteiger partial charge in [-0.1, -0.05) is 0 Å². The fraction of sp³-hybridized carbons (Fsp3) is 0.312. The predicted octanol–water partition coefficient (Wildman–Crippen LogP) is 2.13. The van der Waals surface area contributed by atoms with Crippen LogP contribution in [0.2, 0.25) is 0 Å². The molecule has 23 heavy (non-hydrogen) atoms. The molecule has 0 saturated heterocycles. The molecule has 0 saturated carbocycles. The van der Waals surface area contributed by atoms with Gasteiger partial charge < -0.3 is 14.6 Å². The number of anilines is 1. The molecule has 6 nitrogen and oxygen atoms in total. The Balaban J connectivity index is 0.00000192. The van der Waals surface area contributed by atoms with E-state index in [1.807, 2.05) is 56.9 Å². The first-order valence-corrected chi connectivity index (χ1v) is 7.25. The number of hydrogen-bond acceptors (Lipinski definition) is 5. The molecule has 0 aliphatic rings. The van der Waals surface area contributed by atoms with E-state index in [1.54, 1.807) is 0 Å². The molecule has 0 aliphatic carbocycles. The summed E-state index contributed by atoms with van der Waals surface area (Å²) in [6.45, 7) is 4.54. The van der Waals surface area contributed by atoms with Crippen LogP contribution < -0.4 is 10.1 Å². The first-order chi connectivity index (χ1) is 10.6. The quantitative estimate of drug-likeness (QED) is 0.660. The van der Waals surface area contributed by atoms with Crippen LogP contribution >= 0.6 is 0 Å². The van der Waals surface area contributed by atoms with Crippen molar-refractivity contribution in [1.29, 1.82) is 0 Å². The van der Waals surface area contributed by atoms with E-state index in [0.29, 0.717) is 12.3 Å². The van der Waals surface area contributed by atoms with Crippen molar-refractivity contribution in [2.45, 2.75) is 13.8 Å². The maximum absolute atomic E-state index is 5.70. The zero-order chi connectivity index (χ0) is 15.7. The predicted molar refractivity (Wildman–Crippen MR) is 94.3 cm³/mol. The van der Waals surface area contributed by atoms with Crippen molar-refractivity contribution >= 4 is 40.9 Å². The molecule has 3 rings (SSSR count). The molecule has 0 aromatic carbocycles. The summed E-state index contributed by atoms with van der Waals surface area (Å²) >= 11 is 0. The van der Waals surface area contributed by atoms with Crippen molar-refractivity contribution in [1.82, 2.24) is 19.5 Å². The average Bonchev–Trinajstić information content (AvgIpc) is 2.84. The van der Waals surface area contributed by atoms with Crippen LogP contribution in [0.4, 0.5) is 5.82 Å². The van der Waals surface area contributed by atoms with Gasteiger partial charge in [-0.25, -0.2) is 15.0 Å². The maximum atomic E-state index is 5.70. The van der Waals surface area contributed by atoms with Gasteiger partial charge in [0.1, 0.15) is 17.1 Å². The minimum absolute atomic E-state index is 0. The summed E-state index contributed by atoms with van der Waals surface area (Å²) in [4.78, 5) is 13.8. The van der Waals surface area contributed by atoms with Crippen LogP contribution in [0.25, 0.3) is 22.7 Å². The van der Waals surface area contributed by atoms with E-state index in [-0.39, 0.29) is 23.9 Å². The van der Waals surface area contributed by atoms with Gasteiger partial charge in [-0.3, -0.25) is 0 Å². The third-order valence-corrected chi connectivity index (χ3v) is 3.47. The van der Waals surface area contributed by atoms with Crippen LogP contribution in [0.1, 0.15) is 12.5 Å². The first kappa shape index (κ1) is 17.5. The summed E-state index contributed by atoms with van der Waals surface area (Å²) in [7, 11) is 3.78. The number of pyridine rings is 2. The number of nitrogens with zero attached hydrogens (tertiary/aromatic N) is 4.